The molecular formula is C98H170Y3-6. The Morgan fingerprint density at radius 2 is 0.198 bits per heavy atom. The zero-order chi connectivity index (χ0) is 74.0. The van der Waals surface area contributed by atoms with Crippen LogP contribution in [-0.4, -0.2) is 0 Å². The average molecular weight is 1620 g/mol. The Morgan fingerprint density at radius 1 is 0.119 bits per heavy atom. The molecule has 0 nitrogen and oxygen atoms in total. The van der Waals surface area contributed by atoms with Crippen LogP contribution in [0.4, 0.5) is 0 Å². The number of aryl methyl sites for hydroxylation is 4. The summed E-state index contributed by atoms with van der Waals surface area (Å²) >= 11 is 0. The Morgan fingerprint density at radius 3 is 0.287 bits per heavy atom. The van der Waals surface area contributed by atoms with Crippen LogP contribution >= 0.6 is 0 Å². The quantitative estimate of drug-likeness (QED) is 0.144. The van der Waals surface area contributed by atoms with Crippen molar-refractivity contribution in [2.45, 2.75) is 235 Å². The maximum atomic E-state index is 2.12. The molecule has 0 unspecified atom stereocenters. The van der Waals surface area contributed by atoms with Gasteiger partial charge in [-0.1, -0.05) is 533 Å². The van der Waals surface area contributed by atoms with E-state index in [-0.39, 0.29) is 143 Å². The smallest absolute Gasteiger partial charge is 0 e. The summed E-state index contributed by atoms with van der Waals surface area (Å²) < 4.78 is 0. The Labute approximate surface area is 717 Å². The first kappa shape index (κ1) is 159. The third-order valence-electron chi connectivity index (χ3n) is 8.63. The van der Waals surface area contributed by atoms with Gasteiger partial charge in [0.05, 0.1) is 0 Å². The Bertz CT molecular complexity index is 2120. The monoisotopic (exact) mass is 1610 g/mol. The van der Waals surface area contributed by atoms with E-state index < -0.39 is 0 Å². The summed E-state index contributed by atoms with van der Waals surface area (Å²) in [4.78, 5) is 0. The second-order valence-corrected chi connectivity index (χ2v) is 14.0. The molecule has 0 aliphatic heterocycles. The molecule has 3 heteroatoms. The number of hydrogen-bond donors (Lipinski definition) is 0. The second-order valence-electron chi connectivity index (χ2n) is 14.0. The number of benzene rings is 10. The van der Waals surface area contributed by atoms with Crippen LogP contribution in [0.1, 0.15) is 230 Å². The molecule has 10 aromatic carbocycles. The number of hydrogen-bond acceptors (Lipinski definition) is 0. The van der Waals surface area contributed by atoms with E-state index in [1.54, 1.807) is 0 Å². The van der Waals surface area contributed by atoms with E-state index in [2.05, 4.69) is 173 Å². The molecule has 10 aromatic rings. The fourth-order valence-electron chi connectivity index (χ4n) is 5.30. The van der Waals surface area contributed by atoms with Gasteiger partial charge in [0.2, 0.25) is 0 Å². The van der Waals surface area contributed by atoms with Crippen LogP contribution < -0.4 is 0 Å². The first-order valence-corrected chi connectivity index (χ1v) is 36.1. The van der Waals surface area contributed by atoms with Crippen molar-refractivity contribution < 1.29 is 98.1 Å². The number of rotatable bonds is 1. The van der Waals surface area contributed by atoms with Crippen molar-refractivity contribution in [1.29, 1.82) is 0 Å². The van der Waals surface area contributed by atoms with Crippen molar-refractivity contribution >= 4 is 10.8 Å². The van der Waals surface area contributed by atoms with Gasteiger partial charge in [-0.15, -0.1) is 0 Å². The Kier molecular flexibility index (Phi) is 278. The van der Waals surface area contributed by atoms with Gasteiger partial charge in [-0.3, -0.25) is 0 Å². The minimum Gasteiger partial charge on any atom is -0.358 e. The van der Waals surface area contributed by atoms with Crippen molar-refractivity contribution in [3.8, 4) is 11.1 Å². The van der Waals surface area contributed by atoms with Crippen molar-refractivity contribution in [2.75, 3.05) is 0 Å². The molecule has 101 heavy (non-hydrogen) atoms. The third-order valence-corrected chi connectivity index (χ3v) is 8.63. The predicted octanol–water partition coefficient (Wildman–Crippen LogP) is 35.6. The van der Waals surface area contributed by atoms with Gasteiger partial charge in [-0.05, 0) is 49.6 Å². The minimum atomic E-state index is 0. The maximum absolute atomic E-state index is 2.12. The molecular weight excluding hydrogens is 1440 g/mol. The molecule has 0 atom stereocenters. The zero-order valence-corrected chi connectivity index (χ0v) is 83.1. The molecule has 0 N–H and O–H groups in total. The van der Waals surface area contributed by atoms with Crippen molar-refractivity contribution in [2.24, 2.45) is 0 Å². The van der Waals surface area contributed by atoms with Gasteiger partial charge >= 0.3 is 0 Å². The molecule has 3 radical (unpaired) electrons. The normalized spacial score (nSPS) is 6.40. The molecule has 0 saturated carbocycles. The summed E-state index contributed by atoms with van der Waals surface area (Å²) in [5.41, 5.74) is 7.84. The molecule has 0 spiro atoms. The van der Waals surface area contributed by atoms with Crippen LogP contribution in [0.25, 0.3) is 21.9 Å². The fourth-order valence-corrected chi connectivity index (χ4v) is 5.30. The molecule has 0 fully saturated rings. The molecule has 0 saturated heterocycles. The summed E-state index contributed by atoms with van der Waals surface area (Å²) in [6, 6.07) is 103. The summed E-state index contributed by atoms with van der Waals surface area (Å²) in [5, 5.41) is 2.62. The van der Waals surface area contributed by atoms with Crippen LogP contribution in [0.3, 0.4) is 0 Å². The van der Waals surface area contributed by atoms with Crippen LogP contribution in [-0.2, 0) is 98.1 Å². The van der Waals surface area contributed by atoms with Crippen LogP contribution in [0.5, 0.6) is 0 Å². The van der Waals surface area contributed by atoms with Crippen molar-refractivity contribution in [3.63, 3.8) is 0 Å². The van der Waals surface area contributed by atoms with Gasteiger partial charge in [0.25, 0.3) is 0 Å². The molecule has 0 aromatic heterocycles. The fraction of sp³-hybridized carbons (Fsp3) is 0.347. The molecule has 0 amide bonds. The van der Waals surface area contributed by atoms with E-state index in [1.807, 2.05) is 365 Å². The van der Waals surface area contributed by atoms with Crippen molar-refractivity contribution in [3.05, 3.63) is 370 Å². The molecule has 0 bridgehead atoms. The van der Waals surface area contributed by atoms with Gasteiger partial charge in [-0.2, -0.15) is 0 Å². The number of fused-ring (bicyclic) bond motifs is 1. The molecule has 577 valence electrons. The molecule has 0 aliphatic carbocycles. The Hall–Kier alpha value is -4.23. The summed E-state index contributed by atoms with van der Waals surface area (Å²) in [5.74, 6) is 0. The van der Waals surface area contributed by atoms with E-state index in [4.69, 9.17) is 0 Å². The van der Waals surface area contributed by atoms with Gasteiger partial charge in [-0.25, -0.2) is 0 Å². The van der Waals surface area contributed by atoms with E-state index in [1.165, 1.54) is 44.2 Å². The molecule has 10 rings (SSSR count). The Balaban J connectivity index is -0.0000000333. The van der Waals surface area contributed by atoms with E-state index >= 15 is 0 Å². The van der Waals surface area contributed by atoms with Gasteiger partial charge in [0, 0.05) is 98.1 Å². The van der Waals surface area contributed by atoms with Crippen LogP contribution in [0, 0.1) is 72.3 Å². The van der Waals surface area contributed by atoms with Crippen LogP contribution in [0.2, 0.25) is 0 Å². The second kappa shape index (κ2) is 177. The van der Waals surface area contributed by atoms with E-state index in [9.17, 15) is 0 Å². The minimum absolute atomic E-state index is 0. The molecule has 0 aliphatic rings. The summed E-state index contributed by atoms with van der Waals surface area (Å²) in [6.45, 7) is 68.3. The first-order valence-electron chi connectivity index (χ1n) is 36.1. The van der Waals surface area contributed by atoms with E-state index in [0.717, 1.165) is 0 Å². The average Bonchev–Trinajstić information content (AvgIpc) is 0.893. The maximum Gasteiger partial charge on any atom is 0 e. The standard InChI is InChI=1S/C12H10.C10H8.4C7H8.2C6H6.15C2H6.6CH3.3Y/c1-3-7-11(8-4-1)12-9-5-2-6-10-12;1-2-6-10-8-4-3-7-9(10)5-1;4*1-7-5-3-2-4-6-7;2*1-2-4-6-5-3-1;15*1-2;;;;;;;;;/h1-10H;1-8H;4*2-6H,1H3;2*1-6H;15*1-2H3;6*1H3;;;/q;;;;;;;;;;;;;;;;;;;;;;;6*-1;;;. The summed E-state index contributed by atoms with van der Waals surface area (Å²) in [7, 11) is 0. The summed E-state index contributed by atoms with van der Waals surface area (Å²) in [6.07, 6.45) is 0. The largest absolute Gasteiger partial charge is 0.358 e. The van der Waals surface area contributed by atoms with E-state index in [0.29, 0.717) is 0 Å². The van der Waals surface area contributed by atoms with Gasteiger partial charge in [0.1, 0.15) is 0 Å². The van der Waals surface area contributed by atoms with Crippen LogP contribution in [0.15, 0.2) is 303 Å². The molecule has 0 heterocycles. The van der Waals surface area contributed by atoms with Gasteiger partial charge < -0.3 is 44.6 Å². The SMILES string of the molecule is CC.CC.CC.CC.CC.CC.CC.CC.CC.CC.CC.CC.CC.CC.CC.Cc1ccccc1.Cc1ccccc1.Cc1ccccc1.Cc1ccccc1.[CH3-].[CH3-].[CH3-].[CH3-].[CH3-].[CH3-].[Y].[Y].[Y].c1ccc(-c2ccccc2)cc1.c1ccc2ccccc2c1.c1ccccc1.c1ccccc1. The van der Waals surface area contributed by atoms with Gasteiger partial charge in [0.15, 0.2) is 0 Å². The third kappa shape index (κ3) is 139. The first-order chi connectivity index (χ1) is 45.5. The predicted molar refractivity (Wildman–Crippen MR) is 482 cm³/mol. The van der Waals surface area contributed by atoms with Crippen molar-refractivity contribution in [1.82, 2.24) is 0 Å². The topological polar surface area (TPSA) is 0 Å². The zero-order valence-electron chi connectivity index (χ0n) is 74.6.